The van der Waals surface area contributed by atoms with Gasteiger partial charge in [0.1, 0.15) is 6.61 Å². The molecule has 3 aliphatic rings. The molecule has 0 saturated carbocycles. The van der Waals surface area contributed by atoms with Crippen LogP contribution in [-0.2, 0) is 0 Å². The van der Waals surface area contributed by atoms with Crippen LogP contribution in [-0.4, -0.2) is 35.1 Å². The van der Waals surface area contributed by atoms with Crippen molar-refractivity contribution in [3.63, 3.8) is 0 Å². The van der Waals surface area contributed by atoms with E-state index in [1.165, 1.54) is 83.1 Å². The van der Waals surface area contributed by atoms with Gasteiger partial charge in [-0.25, -0.2) is 4.58 Å². The highest BCUT2D eigenvalue weighted by molar-refractivity contribution is 5.69. The third kappa shape index (κ3) is 10.6. The maximum atomic E-state index is 9.66. The fourth-order valence-corrected chi connectivity index (χ4v) is 6.96. The molecule has 0 aromatic carbocycles. The van der Waals surface area contributed by atoms with Crippen LogP contribution in [0.25, 0.3) is 0 Å². The number of β-amino-alcohol motifs (C(OH)–C–C–N with tert-alkyl or cyclic N) is 1. The average molecular weight is 595 g/mol. The fraction of sp³-hybridized carbons (Fsp3) is 0.500. The lowest BCUT2D eigenvalue weighted by atomic mass is 9.72. The topological polar surface area (TPSA) is 23.2 Å². The molecule has 0 aromatic heterocycles. The van der Waals surface area contributed by atoms with Crippen LogP contribution in [0.2, 0.25) is 0 Å². The number of hydrogen-bond donors (Lipinski definition) is 1. The minimum atomic E-state index is 0.150. The standard InChI is InChI=1S/C42H60NO/c1-32(20-22-39-35(4)17-12-25-41(39,6)7)14-10-16-34(3)30-38-31-37(24-27-43(38)28-29-44)19-11-15-33(2)21-23-40-36(5)18-13-26-42(40,8)9/h10-11,14-16,19-24,27,30,38,44H,12-13,17-18,25-26,28-29,31H2,1-9H3/q+1/b16-10+,19-11+,22-20+,23-21+,32-14+,33-15+,34-30+. The molecule has 0 fully saturated rings. The Bertz CT molecular complexity index is 1370. The van der Waals surface area contributed by atoms with Gasteiger partial charge in [0.2, 0.25) is 0 Å². The first-order valence-corrected chi connectivity index (χ1v) is 16.9. The van der Waals surface area contributed by atoms with E-state index in [9.17, 15) is 5.11 Å². The van der Waals surface area contributed by atoms with Gasteiger partial charge in [-0.1, -0.05) is 111 Å². The van der Waals surface area contributed by atoms with Crippen molar-refractivity contribution in [2.24, 2.45) is 10.8 Å². The summed E-state index contributed by atoms with van der Waals surface area (Å²) in [6.07, 6.45) is 37.5. The van der Waals surface area contributed by atoms with Gasteiger partial charge in [0.25, 0.3) is 0 Å². The molecule has 0 radical (unpaired) electrons. The van der Waals surface area contributed by atoms with E-state index in [1.54, 1.807) is 0 Å². The highest BCUT2D eigenvalue weighted by atomic mass is 16.3. The molecular weight excluding hydrogens is 534 g/mol. The number of allylic oxidation sites excluding steroid dienone is 18. The molecule has 1 atom stereocenters. The van der Waals surface area contributed by atoms with E-state index in [0.717, 1.165) is 6.42 Å². The van der Waals surface area contributed by atoms with Crippen molar-refractivity contribution in [1.82, 2.24) is 0 Å². The van der Waals surface area contributed by atoms with E-state index in [0.29, 0.717) is 6.54 Å². The highest BCUT2D eigenvalue weighted by Crippen LogP contribution is 2.41. The van der Waals surface area contributed by atoms with Crippen LogP contribution in [0.15, 0.2) is 117 Å². The molecule has 2 aliphatic carbocycles. The Morgan fingerprint density at radius 1 is 0.795 bits per heavy atom. The van der Waals surface area contributed by atoms with Crippen molar-refractivity contribution in [2.75, 3.05) is 13.2 Å². The van der Waals surface area contributed by atoms with E-state index >= 15 is 0 Å². The van der Waals surface area contributed by atoms with Gasteiger partial charge in [0, 0.05) is 12.5 Å². The van der Waals surface area contributed by atoms with Crippen molar-refractivity contribution in [3.05, 3.63) is 117 Å². The molecule has 2 heteroatoms. The molecule has 1 N–H and O–H groups in total. The molecule has 44 heavy (non-hydrogen) atoms. The first-order valence-electron chi connectivity index (χ1n) is 16.9. The van der Waals surface area contributed by atoms with Crippen LogP contribution >= 0.6 is 0 Å². The molecule has 0 saturated heterocycles. The Hall–Kier alpha value is -2.97. The normalized spacial score (nSPS) is 24.0. The summed E-state index contributed by atoms with van der Waals surface area (Å²) >= 11 is 0. The molecule has 2 nitrogen and oxygen atoms in total. The number of aliphatic hydroxyl groups is 1. The van der Waals surface area contributed by atoms with E-state index in [-0.39, 0.29) is 23.5 Å². The Labute approximate surface area is 270 Å². The second-order valence-electron chi connectivity index (χ2n) is 14.6. The zero-order chi connectivity index (χ0) is 32.3. The maximum absolute atomic E-state index is 9.66. The average Bonchev–Trinajstić information content (AvgIpc) is 2.93. The Kier molecular flexibility index (Phi) is 13.2. The quantitative estimate of drug-likeness (QED) is 0.187. The summed E-state index contributed by atoms with van der Waals surface area (Å²) in [6.45, 7) is 21.4. The van der Waals surface area contributed by atoms with Crippen LogP contribution in [0.1, 0.15) is 107 Å². The predicted molar refractivity (Wildman–Crippen MR) is 193 cm³/mol. The highest BCUT2D eigenvalue weighted by Gasteiger charge is 2.27. The van der Waals surface area contributed by atoms with Gasteiger partial charge in [-0.05, 0) is 112 Å². The second kappa shape index (κ2) is 16.4. The lowest BCUT2D eigenvalue weighted by Crippen LogP contribution is -2.31. The smallest absolute Gasteiger partial charge is 0.175 e. The number of rotatable bonds is 11. The second-order valence-corrected chi connectivity index (χ2v) is 14.6. The van der Waals surface area contributed by atoms with E-state index in [2.05, 4.69) is 146 Å². The molecule has 1 heterocycles. The van der Waals surface area contributed by atoms with Gasteiger partial charge in [0.15, 0.2) is 18.8 Å². The minimum Gasteiger partial charge on any atom is -0.390 e. The summed E-state index contributed by atoms with van der Waals surface area (Å²) in [5.74, 6) is 0. The van der Waals surface area contributed by atoms with Crippen molar-refractivity contribution in [3.8, 4) is 0 Å². The Balaban J connectivity index is 1.65. The number of nitrogens with zero attached hydrogens (tertiary/aromatic N) is 1. The Morgan fingerprint density at radius 2 is 1.34 bits per heavy atom. The SMILES string of the molecule is CC1=C(/C=C/C(C)=C/C=C/C2=CC=[N+](CCO)C(/C=C(C)/C=C/C=C(C)/C=C/C3=C(C)CCCC3(C)C)C2)C(C)(C)CCC1. The first kappa shape index (κ1) is 35.5. The third-order valence-corrected chi connectivity index (χ3v) is 9.66. The number of aliphatic hydroxyl groups excluding tert-OH is 1. The fourth-order valence-electron chi connectivity index (χ4n) is 6.96. The molecule has 0 spiro atoms. The van der Waals surface area contributed by atoms with Gasteiger partial charge in [-0.3, -0.25) is 0 Å². The molecule has 1 aliphatic heterocycles. The van der Waals surface area contributed by atoms with E-state index < -0.39 is 0 Å². The van der Waals surface area contributed by atoms with Gasteiger partial charge in [0.05, 0.1) is 0 Å². The summed E-state index contributed by atoms with van der Waals surface area (Å²) < 4.78 is 2.24. The van der Waals surface area contributed by atoms with Crippen molar-refractivity contribution >= 4 is 6.21 Å². The molecule has 3 rings (SSSR count). The zero-order valence-electron chi connectivity index (χ0n) is 29.3. The number of hydrogen-bond acceptors (Lipinski definition) is 1. The van der Waals surface area contributed by atoms with Crippen LogP contribution in [0.3, 0.4) is 0 Å². The Morgan fingerprint density at radius 3 is 1.86 bits per heavy atom. The third-order valence-electron chi connectivity index (χ3n) is 9.66. The van der Waals surface area contributed by atoms with Crippen LogP contribution in [0.5, 0.6) is 0 Å². The van der Waals surface area contributed by atoms with Crippen molar-refractivity contribution in [2.45, 2.75) is 113 Å². The summed E-state index contributed by atoms with van der Waals surface area (Å²) in [5, 5.41) is 9.66. The van der Waals surface area contributed by atoms with E-state index in [1.807, 2.05) is 0 Å². The molecule has 1 unspecified atom stereocenters. The monoisotopic (exact) mass is 594 g/mol. The molecular formula is C42H60NO+. The summed E-state index contributed by atoms with van der Waals surface area (Å²) in [7, 11) is 0. The van der Waals surface area contributed by atoms with Gasteiger partial charge >= 0.3 is 0 Å². The van der Waals surface area contributed by atoms with Crippen LogP contribution in [0.4, 0.5) is 0 Å². The van der Waals surface area contributed by atoms with Gasteiger partial charge in [-0.15, -0.1) is 0 Å². The van der Waals surface area contributed by atoms with Gasteiger partial charge in [-0.2, -0.15) is 0 Å². The minimum absolute atomic E-state index is 0.150. The molecule has 0 aromatic rings. The lowest BCUT2D eigenvalue weighted by Gasteiger charge is -2.33. The van der Waals surface area contributed by atoms with Crippen molar-refractivity contribution < 1.29 is 9.68 Å². The summed E-state index contributed by atoms with van der Waals surface area (Å²) in [4.78, 5) is 0. The van der Waals surface area contributed by atoms with Crippen molar-refractivity contribution in [1.29, 1.82) is 0 Å². The van der Waals surface area contributed by atoms with Crippen LogP contribution in [0, 0.1) is 10.8 Å². The largest absolute Gasteiger partial charge is 0.390 e. The molecule has 0 amide bonds. The van der Waals surface area contributed by atoms with Gasteiger partial charge < -0.3 is 5.11 Å². The lowest BCUT2D eigenvalue weighted by molar-refractivity contribution is -0.552. The first-order chi connectivity index (χ1) is 20.8. The summed E-state index contributed by atoms with van der Waals surface area (Å²) in [5.41, 5.74) is 11.7. The van der Waals surface area contributed by atoms with E-state index in [4.69, 9.17) is 0 Å². The summed E-state index contributed by atoms with van der Waals surface area (Å²) in [6, 6.07) is 0.221. The zero-order valence-corrected chi connectivity index (χ0v) is 29.3. The molecule has 238 valence electrons. The molecule has 0 bridgehead atoms. The van der Waals surface area contributed by atoms with Crippen LogP contribution < -0.4 is 0 Å². The maximum Gasteiger partial charge on any atom is 0.175 e. The predicted octanol–water partition coefficient (Wildman–Crippen LogP) is 10.9.